The van der Waals surface area contributed by atoms with Crippen molar-refractivity contribution in [1.82, 2.24) is 15.5 Å². The fourth-order valence-corrected chi connectivity index (χ4v) is 3.22. The monoisotopic (exact) mass is 391 g/mol. The van der Waals surface area contributed by atoms with E-state index in [-0.39, 0.29) is 36.6 Å². The highest BCUT2D eigenvalue weighted by molar-refractivity contribution is 5.91. The van der Waals surface area contributed by atoms with Gasteiger partial charge in [0, 0.05) is 38.6 Å². The number of carbonyl (C=O) groups excluding carboxylic acids is 2. The summed E-state index contributed by atoms with van der Waals surface area (Å²) in [5.74, 6) is -1.92. The maximum atomic E-state index is 13.3. The lowest BCUT2D eigenvalue weighted by Crippen LogP contribution is -2.45. The molecule has 28 heavy (non-hydrogen) atoms. The van der Waals surface area contributed by atoms with Gasteiger partial charge in [-0.1, -0.05) is 6.07 Å². The Hall–Kier alpha value is -2.74. The van der Waals surface area contributed by atoms with Crippen LogP contribution in [0.3, 0.4) is 0 Å². The van der Waals surface area contributed by atoms with Crippen LogP contribution in [0.1, 0.15) is 35.4 Å². The molecule has 0 unspecified atom stereocenters. The number of amides is 2. The molecule has 1 saturated heterocycles. The molecule has 0 aliphatic carbocycles. The van der Waals surface area contributed by atoms with E-state index in [4.69, 9.17) is 4.42 Å². The van der Waals surface area contributed by atoms with Crippen molar-refractivity contribution < 1.29 is 22.8 Å². The summed E-state index contributed by atoms with van der Waals surface area (Å²) in [5.41, 5.74) is 0.730. The SMILES string of the molecule is O=C(CCNC(=O)c1ccco1)NC1CCN(Cc2ccc(F)c(F)c2)CC1. The highest BCUT2D eigenvalue weighted by Crippen LogP contribution is 2.16. The fraction of sp³-hybridized carbons (Fsp3) is 0.400. The Morgan fingerprint density at radius 3 is 2.61 bits per heavy atom. The van der Waals surface area contributed by atoms with E-state index in [1.54, 1.807) is 18.2 Å². The van der Waals surface area contributed by atoms with Crippen LogP contribution in [0.4, 0.5) is 8.78 Å². The van der Waals surface area contributed by atoms with E-state index in [1.165, 1.54) is 12.3 Å². The van der Waals surface area contributed by atoms with E-state index in [0.29, 0.717) is 6.54 Å². The van der Waals surface area contributed by atoms with Crippen molar-refractivity contribution in [1.29, 1.82) is 0 Å². The minimum Gasteiger partial charge on any atom is -0.459 e. The van der Waals surface area contributed by atoms with Crippen LogP contribution in [0.25, 0.3) is 0 Å². The third kappa shape index (κ3) is 5.63. The van der Waals surface area contributed by atoms with E-state index >= 15 is 0 Å². The van der Waals surface area contributed by atoms with Gasteiger partial charge in [0.1, 0.15) is 0 Å². The van der Waals surface area contributed by atoms with E-state index in [1.807, 2.05) is 0 Å². The first-order valence-electron chi connectivity index (χ1n) is 9.28. The van der Waals surface area contributed by atoms with Gasteiger partial charge in [-0.15, -0.1) is 0 Å². The molecule has 3 rings (SSSR count). The van der Waals surface area contributed by atoms with Crippen LogP contribution in [0.2, 0.25) is 0 Å². The molecule has 1 aromatic carbocycles. The average Bonchev–Trinajstić information content (AvgIpc) is 3.21. The molecule has 1 aliphatic heterocycles. The second-order valence-electron chi connectivity index (χ2n) is 6.85. The van der Waals surface area contributed by atoms with Gasteiger partial charge in [-0.2, -0.15) is 0 Å². The van der Waals surface area contributed by atoms with Crippen LogP contribution >= 0.6 is 0 Å². The number of hydrogen-bond acceptors (Lipinski definition) is 4. The lowest BCUT2D eigenvalue weighted by molar-refractivity contribution is -0.122. The number of furan rings is 1. The molecule has 0 radical (unpaired) electrons. The van der Waals surface area contributed by atoms with Crippen LogP contribution < -0.4 is 10.6 Å². The van der Waals surface area contributed by atoms with Gasteiger partial charge < -0.3 is 15.1 Å². The normalized spacial score (nSPS) is 15.4. The quantitative estimate of drug-likeness (QED) is 0.760. The molecule has 8 heteroatoms. The maximum Gasteiger partial charge on any atom is 0.286 e. The van der Waals surface area contributed by atoms with Crippen molar-refractivity contribution in [3.05, 3.63) is 59.6 Å². The Morgan fingerprint density at radius 2 is 1.93 bits per heavy atom. The highest BCUT2D eigenvalue weighted by Gasteiger charge is 2.21. The van der Waals surface area contributed by atoms with Gasteiger partial charge in [0.05, 0.1) is 6.26 Å². The number of halogens is 2. The Balaban J connectivity index is 1.34. The molecular weight excluding hydrogens is 368 g/mol. The third-order valence-corrected chi connectivity index (χ3v) is 4.73. The molecule has 2 N–H and O–H groups in total. The number of likely N-dealkylation sites (tertiary alicyclic amines) is 1. The molecule has 6 nitrogen and oxygen atoms in total. The number of nitrogens with zero attached hydrogens (tertiary/aromatic N) is 1. The number of piperidine rings is 1. The number of carbonyl (C=O) groups is 2. The standard InChI is InChI=1S/C20H23F2N3O3/c21-16-4-3-14(12-17(16)22)13-25-9-6-15(7-10-25)24-19(26)5-8-23-20(27)18-2-1-11-28-18/h1-4,11-12,15H,5-10,13H2,(H,23,27)(H,24,26). The van der Waals surface area contributed by atoms with Gasteiger partial charge in [-0.05, 0) is 42.7 Å². The molecule has 1 aromatic heterocycles. The van der Waals surface area contributed by atoms with Gasteiger partial charge >= 0.3 is 0 Å². The van der Waals surface area contributed by atoms with Gasteiger partial charge in [-0.3, -0.25) is 14.5 Å². The summed E-state index contributed by atoms with van der Waals surface area (Å²) in [6.07, 6.45) is 3.18. The number of rotatable bonds is 7. The van der Waals surface area contributed by atoms with E-state index in [9.17, 15) is 18.4 Å². The minimum absolute atomic E-state index is 0.0782. The summed E-state index contributed by atoms with van der Waals surface area (Å²) < 4.78 is 31.3. The molecule has 2 heterocycles. The first kappa shape index (κ1) is 20.0. The third-order valence-electron chi connectivity index (χ3n) is 4.73. The molecule has 150 valence electrons. The number of hydrogen-bond donors (Lipinski definition) is 2. The van der Waals surface area contributed by atoms with Crippen molar-refractivity contribution >= 4 is 11.8 Å². The van der Waals surface area contributed by atoms with Gasteiger partial charge in [0.2, 0.25) is 5.91 Å². The zero-order valence-corrected chi connectivity index (χ0v) is 15.4. The predicted molar refractivity (Wildman–Crippen MR) is 98.5 cm³/mol. The predicted octanol–water partition coefficient (Wildman–Crippen LogP) is 2.46. The molecule has 2 amide bonds. The Kier molecular flexibility index (Phi) is 6.76. The van der Waals surface area contributed by atoms with Gasteiger partial charge in [-0.25, -0.2) is 8.78 Å². The number of nitrogens with one attached hydrogen (secondary N) is 2. The topological polar surface area (TPSA) is 74.6 Å². The molecule has 0 saturated carbocycles. The summed E-state index contributed by atoms with van der Waals surface area (Å²) in [4.78, 5) is 25.9. The van der Waals surface area contributed by atoms with Crippen LogP contribution in [-0.2, 0) is 11.3 Å². The average molecular weight is 391 g/mol. The molecule has 0 atom stereocenters. The van der Waals surface area contributed by atoms with E-state index in [2.05, 4.69) is 15.5 Å². The summed E-state index contributed by atoms with van der Waals surface area (Å²) >= 11 is 0. The van der Waals surface area contributed by atoms with Crippen molar-refractivity contribution in [3.8, 4) is 0 Å². The molecule has 0 bridgehead atoms. The van der Waals surface area contributed by atoms with Gasteiger partial charge in [0.25, 0.3) is 5.91 Å². The molecule has 1 aliphatic rings. The lowest BCUT2D eigenvalue weighted by atomic mass is 10.0. The Labute approximate surface area is 161 Å². The van der Waals surface area contributed by atoms with Gasteiger partial charge in [0.15, 0.2) is 17.4 Å². The highest BCUT2D eigenvalue weighted by atomic mass is 19.2. The molecule has 0 spiro atoms. The maximum absolute atomic E-state index is 13.3. The van der Waals surface area contributed by atoms with Crippen molar-refractivity contribution in [2.24, 2.45) is 0 Å². The Morgan fingerprint density at radius 1 is 1.14 bits per heavy atom. The second kappa shape index (κ2) is 9.45. The number of benzene rings is 1. The van der Waals surface area contributed by atoms with Crippen LogP contribution in [0.15, 0.2) is 41.0 Å². The van der Waals surface area contributed by atoms with Crippen LogP contribution in [-0.4, -0.2) is 42.4 Å². The smallest absolute Gasteiger partial charge is 0.286 e. The lowest BCUT2D eigenvalue weighted by Gasteiger charge is -2.32. The molecule has 2 aromatic rings. The molecule has 1 fully saturated rings. The Bertz CT molecular complexity index is 803. The summed E-state index contributed by atoms with van der Waals surface area (Å²) in [7, 11) is 0. The zero-order chi connectivity index (χ0) is 19.9. The largest absolute Gasteiger partial charge is 0.459 e. The van der Waals surface area contributed by atoms with Crippen LogP contribution in [0, 0.1) is 11.6 Å². The van der Waals surface area contributed by atoms with E-state index < -0.39 is 11.6 Å². The van der Waals surface area contributed by atoms with Crippen LogP contribution in [0.5, 0.6) is 0 Å². The fourth-order valence-electron chi connectivity index (χ4n) is 3.22. The summed E-state index contributed by atoms with van der Waals surface area (Å²) in [6, 6.07) is 7.21. The van der Waals surface area contributed by atoms with Crippen molar-refractivity contribution in [3.63, 3.8) is 0 Å². The minimum atomic E-state index is -0.842. The summed E-state index contributed by atoms with van der Waals surface area (Å²) in [5, 5.41) is 5.62. The molecular formula is C20H23F2N3O3. The zero-order valence-electron chi connectivity index (χ0n) is 15.4. The first-order chi connectivity index (χ1) is 13.5. The van der Waals surface area contributed by atoms with Crippen molar-refractivity contribution in [2.75, 3.05) is 19.6 Å². The second-order valence-corrected chi connectivity index (χ2v) is 6.85. The van der Waals surface area contributed by atoms with E-state index in [0.717, 1.165) is 37.6 Å². The first-order valence-corrected chi connectivity index (χ1v) is 9.28. The van der Waals surface area contributed by atoms with Crippen molar-refractivity contribution in [2.45, 2.75) is 31.8 Å². The summed E-state index contributed by atoms with van der Waals surface area (Å²) in [6.45, 7) is 2.31.